The number of hydrogen-bond donors (Lipinski definition) is 2. The first-order valence-corrected chi connectivity index (χ1v) is 5.22. The third-order valence-electron chi connectivity index (χ3n) is 2.74. The Labute approximate surface area is 86.0 Å². The molecule has 0 aromatic heterocycles. The minimum atomic E-state index is -0.490. The predicted molar refractivity (Wildman–Crippen MR) is 56.1 cm³/mol. The maximum absolute atomic E-state index is 9.06. The average molecular weight is 202 g/mol. The van der Waals surface area contributed by atoms with E-state index in [-0.39, 0.29) is 6.61 Å². The molecule has 14 heavy (non-hydrogen) atoms. The van der Waals surface area contributed by atoms with Gasteiger partial charge in [0, 0.05) is 25.7 Å². The lowest BCUT2D eigenvalue weighted by Crippen LogP contribution is -2.53. The molecule has 1 aliphatic rings. The molecule has 1 fully saturated rings. The lowest BCUT2D eigenvalue weighted by Gasteiger charge is -2.36. The highest BCUT2D eigenvalue weighted by atomic mass is 16.5. The lowest BCUT2D eigenvalue weighted by atomic mass is 10.0. The Morgan fingerprint density at radius 2 is 2.36 bits per heavy atom. The highest BCUT2D eigenvalue weighted by molar-refractivity contribution is 4.84. The minimum absolute atomic E-state index is 0.0289. The van der Waals surface area contributed by atoms with E-state index in [1.54, 1.807) is 7.11 Å². The number of likely N-dealkylation sites (tertiary alicyclic amines) is 1. The van der Waals surface area contributed by atoms with E-state index in [2.05, 4.69) is 4.90 Å². The standard InChI is InChI=1S/C10H22N2O2/c1-10(11,8-13)7-12-5-3-4-9(6-12)14-2/h9,13H,3-8,11H2,1-2H3. The fourth-order valence-corrected chi connectivity index (χ4v) is 1.91. The molecule has 0 aliphatic carbocycles. The van der Waals surface area contributed by atoms with Gasteiger partial charge >= 0.3 is 0 Å². The highest BCUT2D eigenvalue weighted by Crippen LogP contribution is 2.14. The van der Waals surface area contributed by atoms with Crippen molar-refractivity contribution in [1.29, 1.82) is 0 Å². The van der Waals surface area contributed by atoms with Crippen molar-refractivity contribution >= 4 is 0 Å². The van der Waals surface area contributed by atoms with Crippen molar-refractivity contribution in [3.05, 3.63) is 0 Å². The van der Waals surface area contributed by atoms with Gasteiger partial charge < -0.3 is 15.6 Å². The predicted octanol–water partition coefficient (Wildman–Crippen LogP) is -0.193. The van der Waals surface area contributed by atoms with Crippen molar-refractivity contribution in [2.24, 2.45) is 5.73 Å². The molecule has 0 bridgehead atoms. The van der Waals surface area contributed by atoms with Gasteiger partial charge in [-0.1, -0.05) is 0 Å². The molecule has 0 radical (unpaired) electrons. The van der Waals surface area contributed by atoms with E-state index in [0.717, 1.165) is 32.5 Å². The molecule has 0 spiro atoms. The second-order valence-corrected chi connectivity index (χ2v) is 4.55. The average Bonchev–Trinajstić information content (AvgIpc) is 2.17. The summed E-state index contributed by atoms with van der Waals surface area (Å²) < 4.78 is 5.32. The number of nitrogens with zero attached hydrogens (tertiary/aromatic N) is 1. The van der Waals surface area contributed by atoms with Crippen molar-refractivity contribution in [3.8, 4) is 0 Å². The summed E-state index contributed by atoms with van der Waals surface area (Å²) in [5.41, 5.74) is 5.41. The van der Waals surface area contributed by atoms with Crippen molar-refractivity contribution in [3.63, 3.8) is 0 Å². The molecule has 1 rings (SSSR count). The number of hydrogen-bond acceptors (Lipinski definition) is 4. The van der Waals surface area contributed by atoms with Crippen LogP contribution in [-0.4, -0.2) is 55.0 Å². The van der Waals surface area contributed by atoms with E-state index in [0.29, 0.717) is 6.10 Å². The summed E-state index contributed by atoms with van der Waals surface area (Å²) >= 11 is 0. The van der Waals surface area contributed by atoms with Crippen LogP contribution in [-0.2, 0) is 4.74 Å². The van der Waals surface area contributed by atoms with Crippen molar-refractivity contribution in [2.45, 2.75) is 31.4 Å². The monoisotopic (exact) mass is 202 g/mol. The zero-order chi connectivity index (χ0) is 10.6. The van der Waals surface area contributed by atoms with Crippen LogP contribution < -0.4 is 5.73 Å². The van der Waals surface area contributed by atoms with Crippen LogP contribution in [0.5, 0.6) is 0 Å². The molecule has 4 nitrogen and oxygen atoms in total. The quantitative estimate of drug-likeness (QED) is 0.663. The number of aliphatic hydroxyl groups excluding tert-OH is 1. The number of rotatable bonds is 4. The number of aliphatic hydroxyl groups is 1. The normalized spacial score (nSPS) is 28.7. The molecule has 3 N–H and O–H groups in total. The third-order valence-corrected chi connectivity index (χ3v) is 2.74. The fraction of sp³-hybridized carbons (Fsp3) is 1.00. The van der Waals surface area contributed by atoms with Crippen LogP contribution in [0.3, 0.4) is 0 Å². The van der Waals surface area contributed by atoms with E-state index in [4.69, 9.17) is 15.6 Å². The summed E-state index contributed by atoms with van der Waals surface area (Å²) in [5.74, 6) is 0. The van der Waals surface area contributed by atoms with E-state index in [1.807, 2.05) is 6.92 Å². The van der Waals surface area contributed by atoms with Crippen molar-refractivity contribution in [1.82, 2.24) is 4.90 Å². The van der Waals surface area contributed by atoms with Gasteiger partial charge in [-0.3, -0.25) is 4.90 Å². The fourth-order valence-electron chi connectivity index (χ4n) is 1.91. The van der Waals surface area contributed by atoms with Gasteiger partial charge in [0.1, 0.15) is 0 Å². The van der Waals surface area contributed by atoms with Crippen molar-refractivity contribution in [2.75, 3.05) is 33.4 Å². The Kier molecular flexibility index (Phi) is 4.31. The maximum atomic E-state index is 9.06. The number of ether oxygens (including phenoxy) is 1. The summed E-state index contributed by atoms with van der Waals surface area (Å²) in [5, 5.41) is 9.06. The van der Waals surface area contributed by atoms with Crippen LogP contribution in [0.4, 0.5) is 0 Å². The number of nitrogens with two attached hydrogens (primary N) is 1. The second kappa shape index (κ2) is 5.07. The smallest absolute Gasteiger partial charge is 0.0698 e. The summed E-state index contributed by atoms with van der Waals surface area (Å²) in [7, 11) is 1.75. The first-order chi connectivity index (χ1) is 6.57. The number of piperidine rings is 1. The Balaban J connectivity index is 2.37. The first-order valence-electron chi connectivity index (χ1n) is 5.22. The molecule has 0 aromatic carbocycles. The van der Waals surface area contributed by atoms with Gasteiger partial charge in [-0.05, 0) is 26.3 Å². The van der Waals surface area contributed by atoms with Crippen molar-refractivity contribution < 1.29 is 9.84 Å². The lowest BCUT2D eigenvalue weighted by molar-refractivity contribution is 0.0199. The van der Waals surface area contributed by atoms with Crippen LogP contribution in [0.1, 0.15) is 19.8 Å². The molecule has 1 aliphatic heterocycles. The van der Waals surface area contributed by atoms with Crippen LogP contribution in [0, 0.1) is 0 Å². The van der Waals surface area contributed by atoms with E-state index >= 15 is 0 Å². The Morgan fingerprint density at radius 1 is 1.64 bits per heavy atom. The van der Waals surface area contributed by atoms with Gasteiger partial charge in [0.25, 0.3) is 0 Å². The largest absolute Gasteiger partial charge is 0.394 e. The molecule has 1 heterocycles. The Bertz CT molecular complexity index is 174. The minimum Gasteiger partial charge on any atom is -0.394 e. The zero-order valence-corrected chi connectivity index (χ0v) is 9.20. The molecule has 84 valence electrons. The molecule has 0 amide bonds. The van der Waals surface area contributed by atoms with Crippen LogP contribution in [0.15, 0.2) is 0 Å². The van der Waals surface area contributed by atoms with Crippen LogP contribution >= 0.6 is 0 Å². The van der Waals surface area contributed by atoms with Gasteiger partial charge in [-0.15, -0.1) is 0 Å². The molecule has 1 saturated heterocycles. The summed E-state index contributed by atoms with van der Waals surface area (Å²) in [6, 6.07) is 0. The Hall–Kier alpha value is -0.160. The van der Waals surface area contributed by atoms with Gasteiger partial charge in [-0.2, -0.15) is 0 Å². The molecule has 0 aromatic rings. The summed E-state index contributed by atoms with van der Waals surface area (Å²) in [6.07, 6.45) is 2.62. The summed E-state index contributed by atoms with van der Waals surface area (Å²) in [6.45, 7) is 4.64. The molecular weight excluding hydrogens is 180 g/mol. The Morgan fingerprint density at radius 3 is 2.93 bits per heavy atom. The molecule has 2 atom stereocenters. The topological polar surface area (TPSA) is 58.7 Å². The van der Waals surface area contributed by atoms with Crippen LogP contribution in [0.2, 0.25) is 0 Å². The first kappa shape index (κ1) is 11.9. The van der Waals surface area contributed by atoms with Gasteiger partial charge in [0.2, 0.25) is 0 Å². The summed E-state index contributed by atoms with van der Waals surface area (Å²) in [4.78, 5) is 2.27. The SMILES string of the molecule is COC1CCCN(CC(C)(N)CO)C1. The number of methoxy groups -OCH3 is 1. The molecule has 0 saturated carbocycles. The molecular formula is C10H22N2O2. The molecule has 4 heteroatoms. The van der Waals surface area contributed by atoms with E-state index in [1.165, 1.54) is 0 Å². The third kappa shape index (κ3) is 3.53. The van der Waals surface area contributed by atoms with Gasteiger partial charge in [0.05, 0.1) is 12.7 Å². The molecule has 2 unspecified atom stereocenters. The van der Waals surface area contributed by atoms with E-state index < -0.39 is 5.54 Å². The zero-order valence-electron chi connectivity index (χ0n) is 9.20. The van der Waals surface area contributed by atoms with Gasteiger partial charge in [0.15, 0.2) is 0 Å². The second-order valence-electron chi connectivity index (χ2n) is 4.55. The van der Waals surface area contributed by atoms with Gasteiger partial charge in [-0.25, -0.2) is 0 Å². The maximum Gasteiger partial charge on any atom is 0.0698 e. The highest BCUT2D eigenvalue weighted by Gasteiger charge is 2.25. The van der Waals surface area contributed by atoms with Crippen LogP contribution in [0.25, 0.3) is 0 Å². The van der Waals surface area contributed by atoms with E-state index in [9.17, 15) is 0 Å².